The summed E-state index contributed by atoms with van der Waals surface area (Å²) in [5.74, 6) is -0.571. The highest BCUT2D eigenvalue weighted by molar-refractivity contribution is 7.16. The Bertz CT molecular complexity index is 1370. The molecule has 0 spiro atoms. The normalized spacial score (nSPS) is 14.7. The summed E-state index contributed by atoms with van der Waals surface area (Å²) >= 11 is 7.31. The molecule has 1 saturated heterocycles. The van der Waals surface area contributed by atoms with Gasteiger partial charge in [0.2, 0.25) is 0 Å². The van der Waals surface area contributed by atoms with Gasteiger partial charge in [0, 0.05) is 42.3 Å². The van der Waals surface area contributed by atoms with Crippen LogP contribution < -0.4 is 5.73 Å². The van der Waals surface area contributed by atoms with Crippen LogP contribution in [0.5, 0.6) is 0 Å². The van der Waals surface area contributed by atoms with Gasteiger partial charge in [-0.05, 0) is 37.4 Å². The van der Waals surface area contributed by atoms with Crippen molar-refractivity contribution in [2.75, 3.05) is 33.2 Å². The Morgan fingerprint density at radius 3 is 2.61 bits per heavy atom. The van der Waals surface area contributed by atoms with Crippen molar-refractivity contribution in [2.45, 2.75) is 0 Å². The molecule has 1 fully saturated rings. The van der Waals surface area contributed by atoms with Crippen LogP contribution in [0.15, 0.2) is 48.8 Å². The van der Waals surface area contributed by atoms with E-state index in [9.17, 15) is 9.59 Å². The van der Waals surface area contributed by atoms with Crippen molar-refractivity contribution in [3.05, 3.63) is 64.3 Å². The van der Waals surface area contributed by atoms with Crippen molar-refractivity contribution in [2.24, 2.45) is 5.73 Å². The van der Waals surface area contributed by atoms with Gasteiger partial charge < -0.3 is 15.5 Å². The standard InChI is InChI=1S/C23H21ClN6O2S/c1-28-7-9-29(10-8-28)22(32)15-5-6-17-18(12-15)30(13-26-17)23-27-19(20(33-23)21(25)31)14-3-2-4-16(24)11-14/h2-6,11-13H,7-10H2,1H3,(H2,25,31). The quantitative estimate of drug-likeness (QED) is 0.483. The van der Waals surface area contributed by atoms with E-state index in [0.717, 1.165) is 24.1 Å². The summed E-state index contributed by atoms with van der Waals surface area (Å²) in [7, 11) is 2.05. The van der Waals surface area contributed by atoms with Crippen LogP contribution in [-0.4, -0.2) is 69.4 Å². The first-order chi connectivity index (χ1) is 15.9. The molecule has 3 heterocycles. The molecule has 2 amide bonds. The van der Waals surface area contributed by atoms with Gasteiger partial charge in [-0.25, -0.2) is 9.97 Å². The minimum absolute atomic E-state index is 0.00525. The number of imidazole rings is 1. The highest BCUT2D eigenvalue weighted by Gasteiger charge is 2.23. The van der Waals surface area contributed by atoms with Crippen LogP contribution in [-0.2, 0) is 0 Å². The molecule has 1 aliphatic heterocycles. The maximum atomic E-state index is 13.1. The third-order valence-corrected chi connectivity index (χ3v) is 7.03. The predicted molar refractivity (Wildman–Crippen MR) is 129 cm³/mol. The zero-order chi connectivity index (χ0) is 23.1. The molecule has 2 aromatic heterocycles. The number of fused-ring (bicyclic) bond motifs is 1. The molecule has 5 rings (SSSR count). The van der Waals surface area contributed by atoms with Gasteiger partial charge in [0.05, 0.1) is 16.7 Å². The molecule has 0 bridgehead atoms. The molecule has 4 aromatic rings. The molecule has 0 aliphatic carbocycles. The van der Waals surface area contributed by atoms with E-state index in [-0.39, 0.29) is 5.91 Å². The first-order valence-corrected chi connectivity index (χ1v) is 11.6. The van der Waals surface area contributed by atoms with Crippen LogP contribution in [0, 0.1) is 0 Å². The summed E-state index contributed by atoms with van der Waals surface area (Å²) in [4.78, 5) is 38.8. The highest BCUT2D eigenvalue weighted by Crippen LogP contribution is 2.33. The maximum absolute atomic E-state index is 13.1. The molecule has 2 N–H and O–H groups in total. The number of hydrogen-bond donors (Lipinski definition) is 1. The lowest BCUT2D eigenvalue weighted by molar-refractivity contribution is 0.0664. The molecule has 1 aliphatic rings. The van der Waals surface area contributed by atoms with E-state index in [1.54, 1.807) is 35.2 Å². The molecular formula is C23H21ClN6O2S. The monoisotopic (exact) mass is 480 g/mol. The van der Waals surface area contributed by atoms with Crippen molar-refractivity contribution in [3.63, 3.8) is 0 Å². The van der Waals surface area contributed by atoms with Crippen LogP contribution in [0.4, 0.5) is 0 Å². The fourth-order valence-electron chi connectivity index (χ4n) is 3.90. The topological polar surface area (TPSA) is 97.3 Å². The van der Waals surface area contributed by atoms with Crippen LogP contribution in [0.25, 0.3) is 27.4 Å². The van der Waals surface area contributed by atoms with E-state index in [1.807, 2.05) is 23.1 Å². The highest BCUT2D eigenvalue weighted by atomic mass is 35.5. The lowest BCUT2D eigenvalue weighted by atomic mass is 10.1. The number of hydrogen-bond acceptors (Lipinski definition) is 6. The Kier molecular flexibility index (Phi) is 5.61. The minimum atomic E-state index is -0.566. The fraction of sp³-hybridized carbons (Fsp3) is 0.217. The van der Waals surface area contributed by atoms with Gasteiger partial charge in [-0.15, -0.1) is 0 Å². The number of halogens is 1. The Morgan fingerprint density at radius 2 is 1.88 bits per heavy atom. The molecule has 0 saturated carbocycles. The number of carbonyl (C=O) groups excluding carboxylic acids is 2. The molecule has 0 unspecified atom stereocenters. The lowest BCUT2D eigenvalue weighted by Gasteiger charge is -2.32. The largest absolute Gasteiger partial charge is 0.365 e. The van der Waals surface area contributed by atoms with Gasteiger partial charge in [-0.2, -0.15) is 0 Å². The molecule has 0 atom stereocenters. The van der Waals surface area contributed by atoms with E-state index >= 15 is 0 Å². The van der Waals surface area contributed by atoms with Gasteiger partial charge in [0.1, 0.15) is 11.2 Å². The van der Waals surface area contributed by atoms with Crippen molar-refractivity contribution in [1.29, 1.82) is 0 Å². The van der Waals surface area contributed by atoms with Crippen LogP contribution in [0.1, 0.15) is 20.0 Å². The number of amides is 2. The second-order valence-electron chi connectivity index (χ2n) is 7.96. The molecule has 168 valence electrons. The summed E-state index contributed by atoms with van der Waals surface area (Å²) in [6, 6.07) is 12.6. The third kappa shape index (κ3) is 4.10. The number of carbonyl (C=O) groups is 2. The van der Waals surface area contributed by atoms with Crippen molar-refractivity contribution < 1.29 is 9.59 Å². The average Bonchev–Trinajstić information content (AvgIpc) is 3.43. The van der Waals surface area contributed by atoms with Gasteiger partial charge in [0.25, 0.3) is 11.8 Å². The smallest absolute Gasteiger partial charge is 0.261 e. The number of piperazine rings is 1. The van der Waals surface area contributed by atoms with Gasteiger partial charge in [-0.1, -0.05) is 35.1 Å². The first kappa shape index (κ1) is 21.6. The molecule has 2 aromatic carbocycles. The number of nitrogens with zero attached hydrogens (tertiary/aromatic N) is 5. The second kappa shape index (κ2) is 8.58. The minimum Gasteiger partial charge on any atom is -0.365 e. The zero-order valence-electron chi connectivity index (χ0n) is 17.9. The lowest BCUT2D eigenvalue weighted by Crippen LogP contribution is -2.47. The van der Waals surface area contributed by atoms with Crippen molar-refractivity contribution >= 4 is 45.8 Å². The van der Waals surface area contributed by atoms with Crippen LogP contribution in [0.2, 0.25) is 5.02 Å². The summed E-state index contributed by atoms with van der Waals surface area (Å²) in [5.41, 5.74) is 8.87. The fourth-order valence-corrected chi connectivity index (χ4v) is 5.01. The van der Waals surface area contributed by atoms with Crippen LogP contribution in [0.3, 0.4) is 0 Å². The van der Waals surface area contributed by atoms with Crippen LogP contribution >= 0.6 is 22.9 Å². The third-order valence-electron chi connectivity index (χ3n) is 5.73. The number of nitrogens with two attached hydrogens (primary N) is 1. The Hall–Kier alpha value is -3.27. The number of likely N-dealkylation sites (N-methyl/N-ethyl adjacent to an activating group) is 1. The average molecular weight is 481 g/mol. The molecule has 8 nitrogen and oxygen atoms in total. The van der Waals surface area contributed by atoms with E-state index in [0.29, 0.717) is 44.9 Å². The molecular weight excluding hydrogens is 460 g/mol. The SMILES string of the molecule is CN1CCN(C(=O)c2ccc3ncn(-c4nc(-c5cccc(Cl)c5)c(C(N)=O)s4)c3c2)CC1. The molecule has 10 heteroatoms. The van der Waals surface area contributed by atoms with Crippen molar-refractivity contribution in [1.82, 2.24) is 24.3 Å². The number of rotatable bonds is 4. The second-order valence-corrected chi connectivity index (χ2v) is 9.38. The van der Waals surface area contributed by atoms with E-state index in [1.165, 1.54) is 11.3 Å². The van der Waals surface area contributed by atoms with Gasteiger partial charge in [0.15, 0.2) is 5.13 Å². The van der Waals surface area contributed by atoms with E-state index < -0.39 is 5.91 Å². The summed E-state index contributed by atoms with van der Waals surface area (Å²) in [6.07, 6.45) is 1.64. The van der Waals surface area contributed by atoms with Gasteiger partial charge >= 0.3 is 0 Å². The Labute approximate surface area is 199 Å². The van der Waals surface area contributed by atoms with Crippen molar-refractivity contribution in [3.8, 4) is 16.4 Å². The summed E-state index contributed by atoms with van der Waals surface area (Å²) < 4.78 is 1.78. The zero-order valence-corrected chi connectivity index (χ0v) is 19.4. The number of thiazole rings is 1. The Balaban J connectivity index is 1.55. The van der Waals surface area contributed by atoms with E-state index in [4.69, 9.17) is 17.3 Å². The maximum Gasteiger partial charge on any atom is 0.261 e. The van der Waals surface area contributed by atoms with Gasteiger partial charge in [-0.3, -0.25) is 14.2 Å². The number of benzene rings is 2. The molecule has 0 radical (unpaired) electrons. The Morgan fingerprint density at radius 1 is 1.09 bits per heavy atom. The number of primary amides is 1. The van der Waals surface area contributed by atoms with E-state index in [2.05, 4.69) is 21.9 Å². The molecule has 33 heavy (non-hydrogen) atoms. The number of aromatic nitrogens is 3. The summed E-state index contributed by atoms with van der Waals surface area (Å²) in [6.45, 7) is 3.11. The first-order valence-electron chi connectivity index (χ1n) is 10.4. The summed E-state index contributed by atoms with van der Waals surface area (Å²) in [5, 5.41) is 1.07. The predicted octanol–water partition coefficient (Wildman–Crippen LogP) is 3.29.